The minimum Gasteiger partial charge on any atom is -0.492 e. The van der Waals surface area contributed by atoms with Crippen molar-refractivity contribution in [2.24, 2.45) is 0 Å². The van der Waals surface area contributed by atoms with Gasteiger partial charge in [0.1, 0.15) is 17.1 Å². The summed E-state index contributed by atoms with van der Waals surface area (Å²) in [6, 6.07) is 7.11. The first kappa shape index (κ1) is 19.4. The highest BCUT2D eigenvalue weighted by Gasteiger charge is 2.32. The first-order chi connectivity index (χ1) is 14.3. The van der Waals surface area contributed by atoms with E-state index in [2.05, 4.69) is 30.1 Å². The summed E-state index contributed by atoms with van der Waals surface area (Å²) < 4.78 is 43.6. The van der Waals surface area contributed by atoms with E-state index in [1.165, 1.54) is 47.4 Å². The average Bonchev–Trinajstić information content (AvgIpc) is 3.10. The second-order valence-electron chi connectivity index (χ2n) is 6.03. The molecular formula is C18H13F3N6O3. The van der Waals surface area contributed by atoms with Gasteiger partial charge in [-0.05, 0) is 18.2 Å². The Morgan fingerprint density at radius 2 is 1.87 bits per heavy atom. The molecule has 12 heteroatoms. The summed E-state index contributed by atoms with van der Waals surface area (Å²) in [6.07, 6.45) is -0.982. The van der Waals surface area contributed by atoms with E-state index in [1.54, 1.807) is 6.07 Å². The summed E-state index contributed by atoms with van der Waals surface area (Å²) in [6.45, 7) is 0. The van der Waals surface area contributed by atoms with E-state index < -0.39 is 18.3 Å². The predicted octanol–water partition coefficient (Wildman–Crippen LogP) is 2.89. The van der Waals surface area contributed by atoms with E-state index in [1.807, 2.05) is 0 Å². The van der Waals surface area contributed by atoms with E-state index in [-0.39, 0.29) is 28.5 Å². The molecule has 154 valence electrons. The second kappa shape index (κ2) is 7.48. The Kier molecular flexibility index (Phi) is 4.83. The fraction of sp³-hybridized carbons (Fsp3) is 0.111. The minimum absolute atomic E-state index is 0.132. The molecular weight excluding hydrogens is 405 g/mol. The van der Waals surface area contributed by atoms with E-state index >= 15 is 0 Å². The van der Waals surface area contributed by atoms with Crippen molar-refractivity contribution < 1.29 is 28.1 Å². The van der Waals surface area contributed by atoms with Crippen molar-refractivity contribution in [2.45, 2.75) is 12.6 Å². The molecule has 0 aliphatic rings. The molecule has 4 rings (SSSR count). The van der Waals surface area contributed by atoms with Crippen LogP contribution in [-0.2, 0) is 0 Å². The van der Waals surface area contributed by atoms with E-state index in [0.717, 1.165) is 6.20 Å². The normalized spacial score (nSPS) is 12.7. The summed E-state index contributed by atoms with van der Waals surface area (Å²) in [5, 5.41) is 26.3. The van der Waals surface area contributed by atoms with E-state index in [4.69, 9.17) is 0 Å². The van der Waals surface area contributed by atoms with Crippen LogP contribution in [0.2, 0.25) is 0 Å². The summed E-state index contributed by atoms with van der Waals surface area (Å²) in [7, 11) is 0. The molecule has 0 aliphatic carbocycles. The third kappa shape index (κ3) is 4.07. The van der Waals surface area contributed by atoms with Crippen LogP contribution >= 0.6 is 0 Å². The quantitative estimate of drug-likeness (QED) is 0.424. The lowest BCUT2D eigenvalue weighted by molar-refractivity contribution is -0.274. The van der Waals surface area contributed by atoms with Crippen LogP contribution in [0, 0.1) is 0 Å². The number of ether oxygens (including phenoxy) is 1. The van der Waals surface area contributed by atoms with E-state index in [0.29, 0.717) is 5.69 Å². The maximum Gasteiger partial charge on any atom is 0.573 e. The third-order valence-corrected chi connectivity index (χ3v) is 3.99. The maximum absolute atomic E-state index is 12.7. The lowest BCUT2D eigenvalue weighted by Crippen LogP contribution is -2.17. The molecule has 1 aromatic carbocycles. The molecule has 3 N–H and O–H groups in total. The highest BCUT2D eigenvalue weighted by Crippen LogP contribution is 2.33. The van der Waals surface area contributed by atoms with Crippen LogP contribution < -0.4 is 10.1 Å². The maximum atomic E-state index is 12.7. The number of benzene rings is 1. The predicted molar refractivity (Wildman–Crippen MR) is 97.4 cm³/mol. The van der Waals surface area contributed by atoms with Gasteiger partial charge in [-0.25, -0.2) is 19.5 Å². The van der Waals surface area contributed by atoms with Crippen LogP contribution in [0.1, 0.15) is 11.9 Å². The second-order valence-corrected chi connectivity index (χ2v) is 6.03. The number of anilines is 1. The SMILES string of the molecule is Oc1cnc(C(O)Nc2cnn3ccc(-c4ccccc4OC(F)(F)F)nc23)cn1. The van der Waals surface area contributed by atoms with Gasteiger partial charge in [-0.2, -0.15) is 5.10 Å². The van der Waals surface area contributed by atoms with Crippen LogP contribution in [-0.4, -0.2) is 41.1 Å². The smallest absolute Gasteiger partial charge is 0.492 e. The van der Waals surface area contributed by atoms with Crippen LogP contribution in [0.15, 0.2) is 55.1 Å². The lowest BCUT2D eigenvalue weighted by atomic mass is 10.1. The van der Waals surface area contributed by atoms with Gasteiger partial charge < -0.3 is 20.3 Å². The Morgan fingerprint density at radius 1 is 1.07 bits per heavy atom. The Hall–Kier alpha value is -3.93. The van der Waals surface area contributed by atoms with Crippen molar-refractivity contribution in [2.75, 3.05) is 5.32 Å². The van der Waals surface area contributed by atoms with Gasteiger partial charge in [-0.15, -0.1) is 13.2 Å². The molecule has 0 saturated carbocycles. The van der Waals surface area contributed by atoms with Gasteiger partial charge >= 0.3 is 6.36 Å². The summed E-state index contributed by atoms with van der Waals surface area (Å²) in [5.41, 5.74) is 1.03. The number of halogens is 3. The molecule has 0 saturated heterocycles. The fourth-order valence-electron chi connectivity index (χ4n) is 2.71. The van der Waals surface area contributed by atoms with Gasteiger partial charge in [0.2, 0.25) is 5.88 Å². The summed E-state index contributed by atoms with van der Waals surface area (Å²) in [4.78, 5) is 11.8. The van der Waals surface area contributed by atoms with Crippen LogP contribution in [0.25, 0.3) is 16.9 Å². The Balaban J connectivity index is 1.68. The number of alkyl halides is 3. The molecule has 0 bridgehead atoms. The standard InChI is InChI=1S/C18H13F3N6O3/c19-18(20,21)30-14-4-2-1-3-10(14)11-5-6-27-16(25-11)12(8-24-27)26-17(29)13-7-23-15(28)9-22-13/h1-9,17,26,29H,(H,23,28). The van der Waals surface area contributed by atoms with Gasteiger partial charge in [0.05, 0.1) is 24.3 Å². The van der Waals surface area contributed by atoms with Crippen LogP contribution in [0.3, 0.4) is 0 Å². The molecule has 9 nitrogen and oxygen atoms in total. The number of rotatable bonds is 5. The number of hydrogen-bond donors (Lipinski definition) is 3. The molecule has 0 radical (unpaired) electrons. The zero-order valence-electron chi connectivity index (χ0n) is 14.9. The van der Waals surface area contributed by atoms with Gasteiger partial charge in [0.15, 0.2) is 11.9 Å². The highest BCUT2D eigenvalue weighted by atomic mass is 19.4. The van der Waals surface area contributed by atoms with Gasteiger partial charge in [0, 0.05) is 11.8 Å². The van der Waals surface area contributed by atoms with Crippen molar-refractivity contribution in [3.63, 3.8) is 0 Å². The van der Waals surface area contributed by atoms with Crippen molar-refractivity contribution in [1.82, 2.24) is 24.6 Å². The number of aromatic nitrogens is 5. The fourth-order valence-corrected chi connectivity index (χ4v) is 2.71. The average molecular weight is 418 g/mol. The summed E-state index contributed by atoms with van der Waals surface area (Å²) >= 11 is 0. The molecule has 1 unspecified atom stereocenters. The number of para-hydroxylation sites is 1. The molecule has 1 atom stereocenters. The molecule has 0 aliphatic heterocycles. The number of nitrogens with zero attached hydrogens (tertiary/aromatic N) is 5. The first-order valence-corrected chi connectivity index (χ1v) is 8.45. The highest BCUT2D eigenvalue weighted by molar-refractivity contribution is 5.73. The third-order valence-electron chi connectivity index (χ3n) is 3.99. The van der Waals surface area contributed by atoms with Crippen molar-refractivity contribution in [3.8, 4) is 22.9 Å². The Morgan fingerprint density at radius 3 is 2.60 bits per heavy atom. The van der Waals surface area contributed by atoms with Gasteiger partial charge in [-0.3, -0.25) is 0 Å². The van der Waals surface area contributed by atoms with Gasteiger partial charge in [-0.1, -0.05) is 12.1 Å². The van der Waals surface area contributed by atoms with Crippen LogP contribution in [0.5, 0.6) is 11.6 Å². The molecule has 0 spiro atoms. The number of aliphatic hydroxyl groups is 1. The van der Waals surface area contributed by atoms with E-state index in [9.17, 15) is 23.4 Å². The molecule has 30 heavy (non-hydrogen) atoms. The number of nitrogens with one attached hydrogen (secondary N) is 1. The molecule has 0 fully saturated rings. The van der Waals surface area contributed by atoms with Crippen molar-refractivity contribution >= 4 is 11.3 Å². The minimum atomic E-state index is -4.85. The lowest BCUT2D eigenvalue weighted by Gasteiger charge is -2.14. The molecule has 3 heterocycles. The number of hydrogen-bond acceptors (Lipinski definition) is 8. The molecule has 4 aromatic rings. The Labute approximate surface area is 166 Å². The first-order valence-electron chi connectivity index (χ1n) is 8.45. The van der Waals surface area contributed by atoms with Crippen molar-refractivity contribution in [1.29, 1.82) is 0 Å². The molecule has 3 aromatic heterocycles. The zero-order valence-corrected chi connectivity index (χ0v) is 14.9. The monoisotopic (exact) mass is 418 g/mol. The number of fused-ring (bicyclic) bond motifs is 1. The van der Waals surface area contributed by atoms with Crippen molar-refractivity contribution in [3.05, 3.63) is 60.8 Å². The number of aromatic hydroxyl groups is 1. The van der Waals surface area contributed by atoms with Gasteiger partial charge in [0.25, 0.3) is 0 Å². The zero-order chi connectivity index (χ0) is 21.3. The Bertz CT molecular complexity index is 1180. The van der Waals surface area contributed by atoms with Crippen LogP contribution in [0.4, 0.5) is 18.9 Å². The number of aliphatic hydroxyl groups excluding tert-OH is 1. The summed E-state index contributed by atoms with van der Waals surface area (Å²) in [5.74, 6) is -0.691. The molecule has 0 amide bonds. The largest absolute Gasteiger partial charge is 0.573 e. The topological polar surface area (TPSA) is 118 Å².